The Hall–Kier alpha value is -1.13. The number of furan rings is 1. The molecule has 4 heteroatoms. The molecule has 1 heterocycles. The summed E-state index contributed by atoms with van der Waals surface area (Å²) in [5, 5.41) is 9.04. The fraction of sp³-hybridized carbons (Fsp3) is 0.615. The van der Waals surface area contributed by atoms with E-state index in [1.54, 1.807) is 12.1 Å². The Balaban J connectivity index is 2.63. The Kier molecular flexibility index (Phi) is 5.94. The maximum absolute atomic E-state index is 11.9. The molecule has 0 aliphatic carbocycles. The lowest BCUT2D eigenvalue weighted by atomic mass is 10.1. The number of ketones is 1. The van der Waals surface area contributed by atoms with Gasteiger partial charge in [-0.05, 0) is 25.0 Å². The standard InChI is InChI=1S/C13H21NO3/c1-3-11(4-2)14(7-8-15)10-12(16)13-6-5-9-17-13/h5-6,9,11,15H,3-4,7-8,10H2,1-2H3. The maximum Gasteiger partial charge on any atom is 0.211 e. The zero-order valence-electron chi connectivity index (χ0n) is 10.6. The Morgan fingerprint density at radius 1 is 1.47 bits per heavy atom. The number of aliphatic hydroxyl groups excluding tert-OH is 1. The molecule has 1 rings (SSSR count). The summed E-state index contributed by atoms with van der Waals surface area (Å²) in [4.78, 5) is 13.9. The van der Waals surface area contributed by atoms with E-state index in [2.05, 4.69) is 13.8 Å². The molecule has 1 aromatic rings. The topological polar surface area (TPSA) is 53.7 Å². The van der Waals surface area contributed by atoms with Crippen LogP contribution in [0.1, 0.15) is 37.2 Å². The van der Waals surface area contributed by atoms with Gasteiger partial charge in [-0.2, -0.15) is 0 Å². The molecule has 0 saturated carbocycles. The fourth-order valence-corrected chi connectivity index (χ4v) is 2.02. The number of rotatable bonds is 8. The quantitative estimate of drug-likeness (QED) is 0.704. The molecule has 0 aromatic carbocycles. The third-order valence-corrected chi connectivity index (χ3v) is 2.99. The first-order valence-corrected chi connectivity index (χ1v) is 6.14. The van der Waals surface area contributed by atoms with E-state index in [1.807, 2.05) is 4.90 Å². The van der Waals surface area contributed by atoms with Gasteiger partial charge in [-0.15, -0.1) is 0 Å². The normalized spacial score (nSPS) is 11.4. The molecule has 0 spiro atoms. The van der Waals surface area contributed by atoms with Gasteiger partial charge in [0.2, 0.25) is 5.78 Å². The molecule has 96 valence electrons. The van der Waals surface area contributed by atoms with E-state index in [1.165, 1.54) is 6.26 Å². The van der Waals surface area contributed by atoms with Crippen LogP contribution in [0.4, 0.5) is 0 Å². The van der Waals surface area contributed by atoms with Crippen molar-refractivity contribution in [3.05, 3.63) is 24.2 Å². The van der Waals surface area contributed by atoms with Gasteiger partial charge in [0.15, 0.2) is 5.76 Å². The molecule has 0 aliphatic heterocycles. The van der Waals surface area contributed by atoms with E-state index in [0.29, 0.717) is 24.9 Å². The maximum atomic E-state index is 11.9. The van der Waals surface area contributed by atoms with Gasteiger partial charge in [-0.3, -0.25) is 9.69 Å². The van der Waals surface area contributed by atoms with Gasteiger partial charge in [0.1, 0.15) is 0 Å². The second-order valence-electron chi connectivity index (χ2n) is 4.06. The van der Waals surface area contributed by atoms with Crippen molar-refractivity contribution in [3.8, 4) is 0 Å². The van der Waals surface area contributed by atoms with Gasteiger partial charge in [0, 0.05) is 12.6 Å². The summed E-state index contributed by atoms with van der Waals surface area (Å²) >= 11 is 0. The Morgan fingerprint density at radius 3 is 2.65 bits per heavy atom. The van der Waals surface area contributed by atoms with Crippen LogP contribution in [-0.4, -0.2) is 41.5 Å². The van der Waals surface area contributed by atoms with Crippen LogP contribution in [-0.2, 0) is 0 Å². The summed E-state index contributed by atoms with van der Waals surface area (Å²) in [6, 6.07) is 3.72. The number of nitrogens with zero attached hydrogens (tertiary/aromatic N) is 1. The summed E-state index contributed by atoms with van der Waals surface area (Å²) in [5.74, 6) is 0.356. The van der Waals surface area contributed by atoms with Gasteiger partial charge in [0.05, 0.1) is 19.4 Å². The first kappa shape index (κ1) is 13.9. The van der Waals surface area contributed by atoms with Crippen LogP contribution in [0.2, 0.25) is 0 Å². The third-order valence-electron chi connectivity index (χ3n) is 2.99. The molecule has 17 heavy (non-hydrogen) atoms. The minimum atomic E-state index is -0.0321. The summed E-state index contributed by atoms with van der Waals surface area (Å²) in [6.45, 7) is 5.09. The van der Waals surface area contributed by atoms with E-state index >= 15 is 0 Å². The lowest BCUT2D eigenvalue weighted by Gasteiger charge is -2.28. The highest BCUT2D eigenvalue weighted by Crippen LogP contribution is 2.10. The van der Waals surface area contributed by atoms with Crippen molar-refractivity contribution in [3.63, 3.8) is 0 Å². The molecule has 0 radical (unpaired) electrons. The van der Waals surface area contributed by atoms with Crippen molar-refractivity contribution in [1.29, 1.82) is 0 Å². The fourth-order valence-electron chi connectivity index (χ4n) is 2.02. The van der Waals surface area contributed by atoms with Crippen LogP contribution in [0.3, 0.4) is 0 Å². The lowest BCUT2D eigenvalue weighted by Crippen LogP contribution is -2.40. The number of carbonyl (C=O) groups excluding carboxylic acids is 1. The van der Waals surface area contributed by atoms with Gasteiger partial charge in [0.25, 0.3) is 0 Å². The molecule has 0 saturated heterocycles. The molecule has 0 fully saturated rings. The average Bonchev–Trinajstić information content (AvgIpc) is 2.84. The molecular formula is C13H21NO3. The molecule has 0 bridgehead atoms. The summed E-state index contributed by atoms with van der Waals surface area (Å²) < 4.78 is 5.08. The van der Waals surface area contributed by atoms with Gasteiger partial charge in [-0.1, -0.05) is 13.8 Å². The van der Waals surface area contributed by atoms with Crippen molar-refractivity contribution in [2.75, 3.05) is 19.7 Å². The largest absolute Gasteiger partial charge is 0.461 e. The van der Waals surface area contributed by atoms with Crippen molar-refractivity contribution in [1.82, 2.24) is 4.90 Å². The zero-order chi connectivity index (χ0) is 12.7. The van der Waals surface area contributed by atoms with Crippen LogP contribution in [0.25, 0.3) is 0 Å². The minimum absolute atomic E-state index is 0.0321. The predicted octanol–water partition coefficient (Wildman–Crippen LogP) is 1.95. The van der Waals surface area contributed by atoms with Crippen molar-refractivity contribution < 1.29 is 14.3 Å². The molecule has 1 aromatic heterocycles. The predicted molar refractivity (Wildman–Crippen MR) is 66.1 cm³/mol. The molecule has 0 amide bonds. The van der Waals surface area contributed by atoms with Gasteiger partial charge < -0.3 is 9.52 Å². The van der Waals surface area contributed by atoms with Crippen molar-refractivity contribution in [2.45, 2.75) is 32.7 Å². The van der Waals surface area contributed by atoms with Crippen LogP contribution >= 0.6 is 0 Å². The first-order valence-electron chi connectivity index (χ1n) is 6.14. The number of hydrogen-bond acceptors (Lipinski definition) is 4. The smallest absolute Gasteiger partial charge is 0.211 e. The summed E-state index contributed by atoms with van der Waals surface area (Å²) in [5.41, 5.74) is 0. The molecule has 0 atom stereocenters. The van der Waals surface area contributed by atoms with E-state index < -0.39 is 0 Å². The Bertz CT molecular complexity index is 317. The van der Waals surface area contributed by atoms with E-state index in [-0.39, 0.29) is 12.4 Å². The van der Waals surface area contributed by atoms with E-state index in [4.69, 9.17) is 9.52 Å². The number of carbonyl (C=O) groups is 1. The van der Waals surface area contributed by atoms with Crippen molar-refractivity contribution >= 4 is 5.78 Å². The Morgan fingerprint density at radius 2 is 2.18 bits per heavy atom. The van der Waals surface area contributed by atoms with Crippen LogP contribution in [0, 0.1) is 0 Å². The third kappa shape index (κ3) is 3.98. The number of hydrogen-bond donors (Lipinski definition) is 1. The van der Waals surface area contributed by atoms with E-state index in [9.17, 15) is 4.79 Å². The highest BCUT2D eigenvalue weighted by Gasteiger charge is 2.19. The second-order valence-corrected chi connectivity index (χ2v) is 4.06. The van der Waals surface area contributed by atoms with Crippen molar-refractivity contribution in [2.24, 2.45) is 0 Å². The molecule has 4 nitrogen and oxygen atoms in total. The molecule has 1 N–H and O–H groups in total. The molecule has 0 aliphatic rings. The highest BCUT2D eigenvalue weighted by atomic mass is 16.3. The summed E-state index contributed by atoms with van der Waals surface area (Å²) in [6.07, 6.45) is 3.45. The average molecular weight is 239 g/mol. The van der Waals surface area contributed by atoms with Crippen LogP contribution in [0.15, 0.2) is 22.8 Å². The monoisotopic (exact) mass is 239 g/mol. The molecule has 0 unspecified atom stereocenters. The summed E-state index contributed by atoms with van der Waals surface area (Å²) in [7, 11) is 0. The van der Waals surface area contributed by atoms with Crippen LogP contribution in [0.5, 0.6) is 0 Å². The Labute approximate surface area is 102 Å². The van der Waals surface area contributed by atoms with Gasteiger partial charge >= 0.3 is 0 Å². The number of Topliss-reactive ketones (excluding diaryl/α,β-unsaturated/α-hetero) is 1. The number of aliphatic hydroxyl groups is 1. The van der Waals surface area contributed by atoms with Crippen LogP contribution < -0.4 is 0 Å². The second kappa shape index (κ2) is 7.25. The first-order chi connectivity index (χ1) is 8.22. The minimum Gasteiger partial charge on any atom is -0.461 e. The highest BCUT2D eigenvalue weighted by molar-refractivity contribution is 5.95. The van der Waals surface area contributed by atoms with E-state index in [0.717, 1.165) is 12.8 Å². The molecular weight excluding hydrogens is 218 g/mol. The SMILES string of the molecule is CCC(CC)N(CCO)CC(=O)c1ccco1. The lowest BCUT2D eigenvalue weighted by molar-refractivity contribution is 0.0824. The van der Waals surface area contributed by atoms with Gasteiger partial charge in [-0.25, -0.2) is 0 Å². The zero-order valence-corrected chi connectivity index (χ0v) is 10.6.